The number of benzene rings is 2. The second-order valence-electron chi connectivity index (χ2n) is 6.39. The molecule has 0 aliphatic rings. The number of fused-ring (bicyclic) bond motifs is 2. The first-order valence-corrected chi connectivity index (χ1v) is 8.74. The number of imidazole rings is 1. The second-order valence-corrected chi connectivity index (χ2v) is 6.39. The number of nitrogens with one attached hydrogen (secondary N) is 2. The number of aromatic nitrogens is 6. The molecule has 0 saturated carbocycles. The first-order chi connectivity index (χ1) is 13.3. The van der Waals surface area contributed by atoms with Crippen molar-refractivity contribution in [3.05, 3.63) is 72.1 Å². The quantitative estimate of drug-likeness (QED) is 0.515. The van der Waals surface area contributed by atoms with E-state index in [1.54, 1.807) is 4.52 Å². The highest BCUT2D eigenvalue weighted by molar-refractivity contribution is 5.78. The number of hydrogen-bond donors (Lipinski definition) is 2. The van der Waals surface area contributed by atoms with E-state index in [4.69, 9.17) is 0 Å². The number of rotatable bonds is 4. The number of nitrogens with zero attached hydrogens (tertiary/aromatic N) is 5. The summed E-state index contributed by atoms with van der Waals surface area (Å²) in [5.41, 5.74) is 4.89. The molecule has 27 heavy (non-hydrogen) atoms. The lowest BCUT2D eigenvalue weighted by Gasteiger charge is -2.05. The standard InChI is InChI=1S/C20H17N7/c1-13-6-5-9-15-19(13)23-17(22-15)12-21-16-10-11-18-24-25-20(27(18)26-16)14-7-3-2-4-8-14/h2-11H,12H2,1H3,(H,21,26)(H,22,23). The van der Waals surface area contributed by atoms with Crippen LogP contribution < -0.4 is 5.32 Å². The van der Waals surface area contributed by atoms with Gasteiger partial charge in [0.05, 0.1) is 17.6 Å². The van der Waals surface area contributed by atoms with Crippen molar-refractivity contribution in [1.29, 1.82) is 0 Å². The van der Waals surface area contributed by atoms with Crippen LogP contribution in [-0.4, -0.2) is 29.8 Å². The van der Waals surface area contributed by atoms with Gasteiger partial charge in [0.1, 0.15) is 11.6 Å². The zero-order valence-corrected chi connectivity index (χ0v) is 14.7. The van der Waals surface area contributed by atoms with Crippen molar-refractivity contribution < 1.29 is 0 Å². The van der Waals surface area contributed by atoms with Crippen LogP contribution in [-0.2, 0) is 6.54 Å². The number of anilines is 1. The van der Waals surface area contributed by atoms with Crippen LogP contribution in [0.5, 0.6) is 0 Å². The summed E-state index contributed by atoms with van der Waals surface area (Å²) >= 11 is 0. The minimum absolute atomic E-state index is 0.551. The molecule has 132 valence electrons. The fraction of sp³-hybridized carbons (Fsp3) is 0.100. The van der Waals surface area contributed by atoms with Gasteiger partial charge in [-0.3, -0.25) is 0 Å². The average molecular weight is 355 g/mol. The van der Waals surface area contributed by atoms with Gasteiger partial charge in [-0.25, -0.2) is 4.98 Å². The van der Waals surface area contributed by atoms with Crippen LogP contribution in [0.1, 0.15) is 11.4 Å². The summed E-state index contributed by atoms with van der Waals surface area (Å²) in [6, 6.07) is 19.8. The van der Waals surface area contributed by atoms with Gasteiger partial charge in [0, 0.05) is 5.56 Å². The number of para-hydroxylation sites is 1. The van der Waals surface area contributed by atoms with Gasteiger partial charge in [0.2, 0.25) is 0 Å². The predicted molar refractivity (Wildman–Crippen MR) is 104 cm³/mol. The maximum absolute atomic E-state index is 4.67. The van der Waals surface area contributed by atoms with Gasteiger partial charge in [-0.2, -0.15) is 4.52 Å². The van der Waals surface area contributed by atoms with Crippen molar-refractivity contribution in [2.24, 2.45) is 0 Å². The highest BCUT2D eigenvalue weighted by Crippen LogP contribution is 2.19. The number of aryl methyl sites for hydroxylation is 1. The Bertz CT molecular complexity index is 1240. The van der Waals surface area contributed by atoms with E-state index in [-0.39, 0.29) is 0 Å². The molecule has 0 aliphatic heterocycles. The number of hydrogen-bond acceptors (Lipinski definition) is 5. The Morgan fingerprint density at radius 2 is 1.85 bits per heavy atom. The number of H-pyrrole nitrogens is 1. The Hall–Kier alpha value is -3.74. The minimum atomic E-state index is 0.551. The first-order valence-electron chi connectivity index (χ1n) is 8.74. The number of aromatic amines is 1. The lowest BCUT2D eigenvalue weighted by Crippen LogP contribution is -2.05. The Morgan fingerprint density at radius 1 is 0.963 bits per heavy atom. The molecule has 0 amide bonds. The van der Waals surface area contributed by atoms with Crippen LogP contribution in [0.4, 0.5) is 5.82 Å². The molecule has 7 heteroatoms. The highest BCUT2D eigenvalue weighted by atomic mass is 15.4. The molecular weight excluding hydrogens is 338 g/mol. The van der Waals surface area contributed by atoms with E-state index in [0.717, 1.165) is 33.8 Å². The van der Waals surface area contributed by atoms with Crippen molar-refractivity contribution in [1.82, 2.24) is 29.8 Å². The first kappa shape index (κ1) is 15.5. The molecule has 0 saturated heterocycles. The van der Waals surface area contributed by atoms with Crippen LogP contribution in [0.15, 0.2) is 60.7 Å². The molecule has 0 aliphatic carbocycles. The summed E-state index contributed by atoms with van der Waals surface area (Å²) in [6.07, 6.45) is 0. The fourth-order valence-corrected chi connectivity index (χ4v) is 3.13. The third-order valence-electron chi connectivity index (χ3n) is 4.50. The third-order valence-corrected chi connectivity index (χ3v) is 4.50. The summed E-state index contributed by atoms with van der Waals surface area (Å²) in [5, 5.41) is 16.4. The molecule has 5 aromatic rings. The highest BCUT2D eigenvalue weighted by Gasteiger charge is 2.10. The molecule has 7 nitrogen and oxygen atoms in total. The minimum Gasteiger partial charge on any atom is -0.361 e. The predicted octanol–water partition coefficient (Wildman–Crippen LogP) is 3.59. The zero-order valence-electron chi connectivity index (χ0n) is 14.7. The molecule has 3 heterocycles. The van der Waals surface area contributed by atoms with E-state index in [1.165, 1.54) is 0 Å². The molecule has 3 aromatic heterocycles. The summed E-state index contributed by atoms with van der Waals surface area (Å²) in [5.74, 6) is 2.32. The van der Waals surface area contributed by atoms with Gasteiger partial charge in [0.25, 0.3) is 0 Å². The molecule has 5 rings (SSSR count). The lowest BCUT2D eigenvalue weighted by molar-refractivity contribution is 0.912. The van der Waals surface area contributed by atoms with E-state index in [2.05, 4.69) is 43.6 Å². The summed E-state index contributed by atoms with van der Waals surface area (Å²) in [4.78, 5) is 8.01. The van der Waals surface area contributed by atoms with Crippen molar-refractivity contribution in [2.75, 3.05) is 5.32 Å². The van der Waals surface area contributed by atoms with Gasteiger partial charge < -0.3 is 10.3 Å². The van der Waals surface area contributed by atoms with E-state index in [9.17, 15) is 0 Å². The molecule has 0 unspecified atom stereocenters. The van der Waals surface area contributed by atoms with Crippen molar-refractivity contribution in [3.63, 3.8) is 0 Å². The van der Waals surface area contributed by atoms with E-state index in [0.29, 0.717) is 18.0 Å². The summed E-state index contributed by atoms with van der Waals surface area (Å²) < 4.78 is 1.75. The lowest BCUT2D eigenvalue weighted by atomic mass is 10.2. The molecule has 2 aromatic carbocycles. The van der Waals surface area contributed by atoms with Gasteiger partial charge in [-0.05, 0) is 30.7 Å². The molecule has 2 N–H and O–H groups in total. The van der Waals surface area contributed by atoms with E-state index < -0.39 is 0 Å². The Labute approximate surface area is 155 Å². The zero-order chi connectivity index (χ0) is 18.2. The second kappa shape index (κ2) is 6.21. The molecular formula is C20H17N7. The van der Waals surface area contributed by atoms with Gasteiger partial charge in [0.15, 0.2) is 11.5 Å². The Morgan fingerprint density at radius 3 is 2.70 bits per heavy atom. The van der Waals surface area contributed by atoms with Crippen LogP contribution >= 0.6 is 0 Å². The summed E-state index contributed by atoms with van der Waals surface area (Å²) in [6.45, 7) is 2.61. The Kier molecular flexibility index (Phi) is 3.57. The monoisotopic (exact) mass is 355 g/mol. The van der Waals surface area contributed by atoms with Crippen molar-refractivity contribution in [3.8, 4) is 11.4 Å². The molecule has 0 spiro atoms. The fourth-order valence-electron chi connectivity index (χ4n) is 3.13. The normalized spacial score (nSPS) is 11.3. The largest absolute Gasteiger partial charge is 0.361 e. The molecule has 0 atom stereocenters. The maximum Gasteiger partial charge on any atom is 0.185 e. The van der Waals surface area contributed by atoms with Gasteiger partial charge in [-0.15, -0.1) is 15.3 Å². The van der Waals surface area contributed by atoms with Crippen molar-refractivity contribution >= 4 is 22.5 Å². The molecule has 0 fully saturated rings. The smallest absolute Gasteiger partial charge is 0.185 e. The average Bonchev–Trinajstić information content (AvgIpc) is 3.31. The molecule has 0 radical (unpaired) electrons. The third kappa shape index (κ3) is 2.79. The summed E-state index contributed by atoms with van der Waals surface area (Å²) in [7, 11) is 0. The maximum atomic E-state index is 4.67. The Balaban J connectivity index is 1.44. The van der Waals surface area contributed by atoms with Gasteiger partial charge >= 0.3 is 0 Å². The van der Waals surface area contributed by atoms with Crippen molar-refractivity contribution in [2.45, 2.75) is 13.5 Å². The van der Waals surface area contributed by atoms with Crippen LogP contribution in [0.25, 0.3) is 28.1 Å². The van der Waals surface area contributed by atoms with Gasteiger partial charge in [-0.1, -0.05) is 42.5 Å². The van der Waals surface area contributed by atoms with Crippen LogP contribution in [0.3, 0.4) is 0 Å². The van der Waals surface area contributed by atoms with Crippen LogP contribution in [0, 0.1) is 6.92 Å². The van der Waals surface area contributed by atoms with E-state index in [1.807, 2.05) is 54.6 Å². The SMILES string of the molecule is Cc1cccc2[nH]c(CNc3ccc4nnc(-c5ccccc5)n4n3)nc12. The van der Waals surface area contributed by atoms with Crippen LogP contribution in [0.2, 0.25) is 0 Å². The molecule has 0 bridgehead atoms. The topological polar surface area (TPSA) is 83.8 Å². The van der Waals surface area contributed by atoms with E-state index >= 15 is 0 Å².